The van der Waals surface area contributed by atoms with Crippen molar-refractivity contribution in [2.75, 3.05) is 25.0 Å². The summed E-state index contributed by atoms with van der Waals surface area (Å²) in [7, 11) is 1.92. The van der Waals surface area contributed by atoms with Gasteiger partial charge in [-0.2, -0.15) is 5.26 Å². The average Bonchev–Trinajstić information content (AvgIpc) is 2.39. The van der Waals surface area contributed by atoms with Crippen molar-refractivity contribution >= 4 is 11.6 Å². The van der Waals surface area contributed by atoms with Gasteiger partial charge in [0.2, 0.25) is 5.91 Å². The molecule has 0 aromatic heterocycles. The maximum absolute atomic E-state index is 12.5. The van der Waals surface area contributed by atoms with Crippen LogP contribution in [0.4, 0.5) is 5.69 Å². The summed E-state index contributed by atoms with van der Waals surface area (Å²) in [5.74, 6) is 0.0217. The molecule has 1 aromatic carbocycles. The second kappa shape index (κ2) is 5.39. The number of anilines is 1. The van der Waals surface area contributed by atoms with Gasteiger partial charge >= 0.3 is 0 Å². The molecule has 0 bridgehead atoms. The van der Waals surface area contributed by atoms with Gasteiger partial charge in [-0.1, -0.05) is 0 Å². The van der Waals surface area contributed by atoms with Gasteiger partial charge in [-0.3, -0.25) is 9.69 Å². The summed E-state index contributed by atoms with van der Waals surface area (Å²) < 4.78 is 0. The van der Waals surface area contributed by atoms with Crippen molar-refractivity contribution in [2.45, 2.75) is 19.0 Å². The zero-order chi connectivity index (χ0) is 14.0. The van der Waals surface area contributed by atoms with E-state index >= 15 is 0 Å². The lowest BCUT2D eigenvalue weighted by atomic mass is 10.1. The van der Waals surface area contributed by atoms with Crippen LogP contribution in [0.3, 0.4) is 0 Å². The SMILES string of the molecule is CC1CN(C)C(CN)C(=O)N1c1ccc(C#N)cc1. The topological polar surface area (TPSA) is 73.4 Å². The number of amides is 1. The number of hydrogen-bond acceptors (Lipinski definition) is 4. The fourth-order valence-corrected chi connectivity index (χ4v) is 2.55. The van der Waals surface area contributed by atoms with Crippen LogP contribution in [-0.4, -0.2) is 43.0 Å². The molecular formula is C14H18N4O. The Balaban J connectivity index is 2.31. The average molecular weight is 258 g/mol. The molecule has 100 valence electrons. The van der Waals surface area contributed by atoms with Gasteiger partial charge in [0.1, 0.15) is 6.04 Å². The number of piperazine rings is 1. The van der Waals surface area contributed by atoms with Crippen molar-refractivity contribution in [3.05, 3.63) is 29.8 Å². The molecule has 0 saturated carbocycles. The summed E-state index contributed by atoms with van der Waals surface area (Å²) in [6.07, 6.45) is 0. The summed E-state index contributed by atoms with van der Waals surface area (Å²) in [5.41, 5.74) is 7.10. The van der Waals surface area contributed by atoms with E-state index < -0.39 is 0 Å². The molecule has 1 aliphatic heterocycles. The van der Waals surface area contributed by atoms with E-state index in [-0.39, 0.29) is 18.0 Å². The molecular weight excluding hydrogens is 240 g/mol. The fourth-order valence-electron chi connectivity index (χ4n) is 2.55. The van der Waals surface area contributed by atoms with Crippen LogP contribution in [-0.2, 0) is 4.79 Å². The molecule has 0 aliphatic carbocycles. The molecule has 1 aliphatic rings. The standard InChI is InChI=1S/C14H18N4O/c1-10-9-17(2)13(8-16)14(19)18(10)12-5-3-11(7-15)4-6-12/h3-6,10,13H,8-9,16H2,1-2H3. The lowest BCUT2D eigenvalue weighted by Gasteiger charge is -2.42. The molecule has 2 N–H and O–H groups in total. The molecule has 1 heterocycles. The minimum absolute atomic E-state index is 0.0217. The van der Waals surface area contributed by atoms with Crippen molar-refractivity contribution in [2.24, 2.45) is 5.73 Å². The first-order chi connectivity index (χ1) is 9.08. The molecule has 19 heavy (non-hydrogen) atoms. The third kappa shape index (κ3) is 2.46. The predicted molar refractivity (Wildman–Crippen MR) is 73.6 cm³/mol. The normalized spacial score (nSPS) is 24.3. The quantitative estimate of drug-likeness (QED) is 0.841. The van der Waals surface area contributed by atoms with Crippen LogP contribution in [0.2, 0.25) is 0 Å². The molecule has 5 nitrogen and oxygen atoms in total. The van der Waals surface area contributed by atoms with E-state index in [0.29, 0.717) is 12.1 Å². The van der Waals surface area contributed by atoms with Crippen LogP contribution in [0.5, 0.6) is 0 Å². The Bertz CT molecular complexity index is 505. The molecule has 2 atom stereocenters. The lowest BCUT2D eigenvalue weighted by molar-refractivity contribution is -0.125. The highest BCUT2D eigenvalue weighted by molar-refractivity contribution is 5.98. The first kappa shape index (κ1) is 13.5. The summed E-state index contributed by atoms with van der Waals surface area (Å²) >= 11 is 0. The highest BCUT2D eigenvalue weighted by Gasteiger charge is 2.36. The first-order valence-electron chi connectivity index (χ1n) is 6.32. The molecule has 1 saturated heterocycles. The minimum Gasteiger partial charge on any atom is -0.328 e. The molecule has 0 radical (unpaired) electrons. The van der Waals surface area contributed by atoms with E-state index in [4.69, 9.17) is 11.0 Å². The Morgan fingerprint density at radius 1 is 1.42 bits per heavy atom. The highest BCUT2D eigenvalue weighted by atomic mass is 16.2. The smallest absolute Gasteiger partial charge is 0.245 e. The molecule has 1 amide bonds. The Morgan fingerprint density at radius 3 is 2.58 bits per heavy atom. The van der Waals surface area contributed by atoms with E-state index in [0.717, 1.165) is 12.2 Å². The van der Waals surface area contributed by atoms with Crippen molar-refractivity contribution in [3.8, 4) is 6.07 Å². The monoisotopic (exact) mass is 258 g/mol. The summed E-state index contributed by atoms with van der Waals surface area (Å²) in [6.45, 7) is 3.11. The first-order valence-corrected chi connectivity index (χ1v) is 6.32. The number of likely N-dealkylation sites (N-methyl/N-ethyl adjacent to an activating group) is 1. The van der Waals surface area contributed by atoms with Gasteiger partial charge in [0.25, 0.3) is 0 Å². The third-order valence-corrected chi connectivity index (χ3v) is 3.55. The van der Waals surface area contributed by atoms with Gasteiger partial charge < -0.3 is 10.6 Å². The number of rotatable bonds is 2. The molecule has 1 fully saturated rings. The van der Waals surface area contributed by atoms with Crippen LogP contribution in [0.15, 0.2) is 24.3 Å². The number of nitriles is 1. The second-order valence-corrected chi connectivity index (χ2v) is 4.91. The molecule has 0 spiro atoms. The Kier molecular flexibility index (Phi) is 3.84. The number of carbonyl (C=O) groups excluding carboxylic acids is 1. The highest BCUT2D eigenvalue weighted by Crippen LogP contribution is 2.23. The Morgan fingerprint density at radius 2 is 2.05 bits per heavy atom. The van der Waals surface area contributed by atoms with E-state index in [2.05, 4.69) is 6.07 Å². The number of nitrogens with two attached hydrogens (primary N) is 1. The van der Waals surface area contributed by atoms with Crippen molar-refractivity contribution < 1.29 is 4.79 Å². The Hall–Kier alpha value is -1.90. The third-order valence-electron chi connectivity index (χ3n) is 3.55. The number of benzene rings is 1. The maximum atomic E-state index is 12.5. The number of carbonyl (C=O) groups is 1. The molecule has 1 aromatic rings. The summed E-state index contributed by atoms with van der Waals surface area (Å²) in [6, 6.07) is 8.97. The predicted octanol–water partition coefficient (Wildman–Crippen LogP) is 0.552. The second-order valence-electron chi connectivity index (χ2n) is 4.91. The van der Waals surface area contributed by atoms with Crippen molar-refractivity contribution in [3.63, 3.8) is 0 Å². The van der Waals surface area contributed by atoms with Crippen LogP contribution in [0.1, 0.15) is 12.5 Å². The van der Waals surface area contributed by atoms with Gasteiger partial charge in [0, 0.05) is 24.8 Å². The number of nitrogens with zero attached hydrogens (tertiary/aromatic N) is 3. The van der Waals surface area contributed by atoms with Crippen LogP contribution < -0.4 is 10.6 Å². The fraction of sp³-hybridized carbons (Fsp3) is 0.429. The zero-order valence-electron chi connectivity index (χ0n) is 11.2. The zero-order valence-corrected chi connectivity index (χ0v) is 11.2. The van der Waals surface area contributed by atoms with Crippen LogP contribution >= 0.6 is 0 Å². The largest absolute Gasteiger partial charge is 0.328 e. The van der Waals surface area contributed by atoms with Gasteiger partial charge in [-0.05, 0) is 38.2 Å². The van der Waals surface area contributed by atoms with Gasteiger partial charge in [-0.15, -0.1) is 0 Å². The summed E-state index contributed by atoms with van der Waals surface area (Å²) in [4.78, 5) is 16.2. The van der Waals surface area contributed by atoms with E-state index in [1.807, 2.05) is 31.0 Å². The minimum atomic E-state index is -0.271. The van der Waals surface area contributed by atoms with E-state index in [9.17, 15) is 4.79 Å². The van der Waals surface area contributed by atoms with Crippen LogP contribution in [0, 0.1) is 11.3 Å². The van der Waals surface area contributed by atoms with Gasteiger partial charge in [0.15, 0.2) is 0 Å². The molecule has 2 rings (SSSR count). The maximum Gasteiger partial charge on any atom is 0.245 e. The lowest BCUT2D eigenvalue weighted by Crippen LogP contribution is -2.62. The Labute approximate surface area is 113 Å². The van der Waals surface area contributed by atoms with Crippen molar-refractivity contribution in [1.82, 2.24) is 4.90 Å². The number of hydrogen-bond donors (Lipinski definition) is 1. The molecule has 5 heteroatoms. The van der Waals surface area contributed by atoms with Crippen LogP contribution in [0.25, 0.3) is 0 Å². The van der Waals surface area contributed by atoms with E-state index in [1.54, 1.807) is 17.0 Å². The van der Waals surface area contributed by atoms with Gasteiger partial charge in [0.05, 0.1) is 11.6 Å². The van der Waals surface area contributed by atoms with E-state index in [1.165, 1.54) is 0 Å². The van der Waals surface area contributed by atoms with Gasteiger partial charge in [-0.25, -0.2) is 0 Å². The summed E-state index contributed by atoms with van der Waals surface area (Å²) in [5, 5.41) is 8.80. The molecule has 2 unspecified atom stereocenters. The van der Waals surface area contributed by atoms with Crippen molar-refractivity contribution in [1.29, 1.82) is 5.26 Å².